The van der Waals surface area contributed by atoms with E-state index in [1.165, 1.54) is 23.4 Å². The number of ether oxygens (including phenoxy) is 2. The van der Waals surface area contributed by atoms with Crippen molar-refractivity contribution in [3.05, 3.63) is 198 Å². The number of benzene rings is 4. The molecule has 0 aliphatic carbocycles. The van der Waals surface area contributed by atoms with Crippen LogP contribution >= 0.6 is 0 Å². The van der Waals surface area contributed by atoms with Crippen LogP contribution in [0.3, 0.4) is 0 Å². The number of rotatable bonds is 14. The quantitative estimate of drug-likeness (QED) is 0.107. The lowest BCUT2D eigenvalue weighted by molar-refractivity contribution is -0.0500. The molecule has 0 spiro atoms. The fourth-order valence-corrected chi connectivity index (χ4v) is 9.49. The summed E-state index contributed by atoms with van der Waals surface area (Å²) in [5.74, 6) is 4.23. The average molecular weight is 944 g/mol. The molecular weight excluding hydrogens is 885 g/mol. The molecule has 2 aliphatic rings. The van der Waals surface area contributed by atoms with Crippen LogP contribution in [0.15, 0.2) is 164 Å². The molecule has 2 saturated heterocycles. The summed E-state index contributed by atoms with van der Waals surface area (Å²) in [6.45, 7) is 4.50. The lowest BCUT2D eigenvalue weighted by atomic mass is 9.93. The molecule has 0 unspecified atom stereocenters. The number of anilines is 4. The number of nitrogens with two attached hydrogens (primary N) is 2. The number of aromatic nitrogens is 7. The van der Waals surface area contributed by atoms with Gasteiger partial charge in [-0.2, -0.15) is 19.0 Å². The zero-order valence-electron chi connectivity index (χ0n) is 39.5. The molecule has 0 saturated carbocycles. The van der Waals surface area contributed by atoms with Gasteiger partial charge in [0.2, 0.25) is 5.88 Å². The first-order valence-corrected chi connectivity index (χ1v) is 24.0. The first kappa shape index (κ1) is 47.3. The van der Waals surface area contributed by atoms with Crippen LogP contribution in [-0.2, 0) is 0 Å². The summed E-state index contributed by atoms with van der Waals surface area (Å²) in [5, 5.41) is 18.6. The number of nitrogens with zero attached hydrogens (tertiary/aromatic N) is 9. The van der Waals surface area contributed by atoms with Gasteiger partial charge >= 0.3 is 6.61 Å². The van der Waals surface area contributed by atoms with E-state index in [9.17, 15) is 8.78 Å². The lowest BCUT2D eigenvalue weighted by Crippen LogP contribution is -2.33. The molecule has 2 fully saturated rings. The molecule has 2 aliphatic heterocycles. The van der Waals surface area contributed by atoms with E-state index in [-0.39, 0.29) is 29.9 Å². The first-order chi connectivity index (χ1) is 34.2. The Morgan fingerprint density at radius 2 is 0.929 bits per heavy atom. The average Bonchev–Trinajstić information content (AvgIpc) is 3.97. The number of hydrogen-bond acceptors (Lipinski definition) is 11. The Balaban J connectivity index is 0.000000174. The van der Waals surface area contributed by atoms with E-state index in [2.05, 4.69) is 109 Å². The molecule has 13 nitrogen and oxygen atoms in total. The predicted octanol–water partition coefficient (Wildman–Crippen LogP) is 10.5. The maximum absolute atomic E-state index is 12.4. The minimum absolute atomic E-state index is 0.0611. The smallest absolute Gasteiger partial charge is 0.387 e. The second-order valence-corrected chi connectivity index (χ2v) is 18.0. The summed E-state index contributed by atoms with van der Waals surface area (Å²) in [6, 6.07) is 52.4. The molecule has 0 amide bonds. The van der Waals surface area contributed by atoms with E-state index in [1.807, 2.05) is 89.9 Å². The molecule has 6 heterocycles. The highest BCUT2D eigenvalue weighted by Crippen LogP contribution is 2.36. The largest absolute Gasteiger partial charge is 0.474 e. The molecule has 70 heavy (non-hydrogen) atoms. The molecule has 4 N–H and O–H groups in total. The Hall–Kier alpha value is -7.81. The topological polar surface area (TPSA) is 151 Å². The van der Waals surface area contributed by atoms with E-state index in [0.717, 1.165) is 86.0 Å². The zero-order valence-corrected chi connectivity index (χ0v) is 39.5. The summed E-state index contributed by atoms with van der Waals surface area (Å²) in [4.78, 5) is 8.72. The predicted molar refractivity (Wildman–Crippen MR) is 271 cm³/mol. The minimum Gasteiger partial charge on any atom is -0.474 e. The van der Waals surface area contributed by atoms with Gasteiger partial charge in [0.05, 0.1) is 23.7 Å². The molecule has 4 aromatic heterocycles. The van der Waals surface area contributed by atoms with Crippen molar-refractivity contribution in [1.82, 2.24) is 34.7 Å². The van der Waals surface area contributed by atoms with Crippen molar-refractivity contribution < 1.29 is 18.3 Å². The van der Waals surface area contributed by atoms with Crippen LogP contribution in [-0.4, -0.2) is 73.6 Å². The van der Waals surface area contributed by atoms with Crippen LogP contribution in [0.5, 0.6) is 11.6 Å². The third-order valence-electron chi connectivity index (χ3n) is 12.9. The molecule has 4 aromatic carbocycles. The van der Waals surface area contributed by atoms with E-state index in [1.54, 1.807) is 6.07 Å². The van der Waals surface area contributed by atoms with Gasteiger partial charge in [0.15, 0.2) is 5.82 Å². The van der Waals surface area contributed by atoms with Crippen molar-refractivity contribution in [3.8, 4) is 11.6 Å². The van der Waals surface area contributed by atoms with Crippen molar-refractivity contribution in [2.75, 3.05) is 47.4 Å². The van der Waals surface area contributed by atoms with Gasteiger partial charge in [-0.3, -0.25) is 0 Å². The van der Waals surface area contributed by atoms with Gasteiger partial charge in [-0.15, -0.1) is 10.2 Å². The fourth-order valence-electron chi connectivity index (χ4n) is 9.49. The Kier molecular flexibility index (Phi) is 14.9. The highest BCUT2D eigenvalue weighted by Gasteiger charge is 2.29. The van der Waals surface area contributed by atoms with Crippen molar-refractivity contribution >= 4 is 23.3 Å². The molecule has 15 heteroatoms. The number of hydrogen-bond donors (Lipinski definition) is 2. The van der Waals surface area contributed by atoms with E-state index < -0.39 is 6.61 Å². The van der Waals surface area contributed by atoms with Gasteiger partial charge in [0.1, 0.15) is 35.3 Å². The maximum Gasteiger partial charge on any atom is 0.387 e. The van der Waals surface area contributed by atoms with Crippen LogP contribution in [0.25, 0.3) is 0 Å². The van der Waals surface area contributed by atoms with Crippen LogP contribution in [0.1, 0.15) is 97.1 Å². The van der Waals surface area contributed by atoms with Crippen molar-refractivity contribution in [2.24, 2.45) is 0 Å². The Morgan fingerprint density at radius 1 is 0.514 bits per heavy atom. The number of halogens is 2. The van der Waals surface area contributed by atoms with Crippen molar-refractivity contribution in [2.45, 2.75) is 76.2 Å². The van der Waals surface area contributed by atoms with Crippen LogP contribution in [0.2, 0.25) is 0 Å². The molecule has 10 rings (SSSR count). The minimum atomic E-state index is -2.85. The Morgan fingerprint density at radius 3 is 1.29 bits per heavy atom. The van der Waals surface area contributed by atoms with Crippen molar-refractivity contribution in [1.29, 1.82) is 0 Å². The Bertz CT molecular complexity index is 2560. The fraction of sp³-hybridized carbons (Fsp3) is 0.291. The molecule has 0 radical (unpaired) electrons. The third kappa shape index (κ3) is 11.4. The number of alkyl halides is 2. The SMILES string of the molecule is CC(C)Oc1ccc(N2CCC(c3cc(N)n(C(c4ccccc4)c4ccccc4)n3)CC2)nn1.Nc1cc(C2CCN(c3ccc(OC(F)F)cn3)CC2)nn1C(c1ccccc1)c1ccccc1. The highest BCUT2D eigenvalue weighted by molar-refractivity contribution is 5.45. The van der Waals surface area contributed by atoms with Gasteiger partial charge in [0, 0.05) is 56.2 Å². The number of nitrogen functional groups attached to an aromatic ring is 2. The normalized spacial score (nSPS) is 14.6. The second-order valence-electron chi connectivity index (χ2n) is 18.0. The first-order valence-electron chi connectivity index (χ1n) is 24.0. The van der Waals surface area contributed by atoms with Crippen molar-refractivity contribution in [3.63, 3.8) is 0 Å². The standard InChI is InChI=1S/C28H32N6O.C27H27F2N5O/c1-20(2)35-27-14-13-26(30-31-27)33-17-15-21(16-18-33)24-19-25(29)34(32-24)28(22-9-5-3-6-10-22)23-11-7-4-8-12-23;28-27(29)35-22-11-12-25(31-18-22)33-15-13-19(14-16-33)23-17-24(30)34(32-23)26(20-7-3-1-4-8-20)21-9-5-2-6-10-21/h3-14,19-21,28H,15-18,29H2,1-2H3;1-12,17-19,26-27H,13-16,30H2. The zero-order chi connectivity index (χ0) is 48.4. The van der Waals surface area contributed by atoms with Gasteiger partial charge in [-0.1, -0.05) is 121 Å². The molecule has 8 aromatic rings. The van der Waals surface area contributed by atoms with Gasteiger partial charge < -0.3 is 30.7 Å². The van der Waals surface area contributed by atoms with Gasteiger partial charge in [-0.05, 0) is 80.0 Å². The summed E-state index contributed by atoms with van der Waals surface area (Å²) in [6.07, 6.45) is 5.20. The number of piperidine rings is 2. The molecule has 360 valence electrons. The van der Waals surface area contributed by atoms with Crippen LogP contribution < -0.4 is 30.7 Å². The molecular formula is C55H59F2N11O2. The van der Waals surface area contributed by atoms with E-state index >= 15 is 0 Å². The van der Waals surface area contributed by atoms with E-state index in [0.29, 0.717) is 23.4 Å². The summed E-state index contributed by atoms with van der Waals surface area (Å²) < 4.78 is 38.7. The van der Waals surface area contributed by atoms with Gasteiger partial charge in [0.25, 0.3) is 0 Å². The number of pyridine rings is 1. The second kappa shape index (κ2) is 22.1. The summed E-state index contributed by atoms with van der Waals surface area (Å²) >= 11 is 0. The Labute approximate surface area is 407 Å². The van der Waals surface area contributed by atoms with Crippen LogP contribution in [0.4, 0.5) is 32.1 Å². The lowest BCUT2D eigenvalue weighted by Gasteiger charge is -2.32. The van der Waals surface area contributed by atoms with E-state index in [4.69, 9.17) is 26.4 Å². The van der Waals surface area contributed by atoms with Gasteiger partial charge in [-0.25, -0.2) is 14.3 Å². The maximum atomic E-state index is 12.4. The van der Waals surface area contributed by atoms with Crippen LogP contribution in [0, 0.1) is 0 Å². The summed E-state index contributed by atoms with van der Waals surface area (Å²) in [7, 11) is 0. The molecule has 0 bridgehead atoms. The monoisotopic (exact) mass is 943 g/mol. The highest BCUT2D eigenvalue weighted by atomic mass is 19.3. The summed E-state index contributed by atoms with van der Waals surface area (Å²) in [5.41, 5.74) is 19.7. The third-order valence-corrected chi connectivity index (χ3v) is 12.9. The molecule has 0 atom stereocenters.